The molecule has 1 aromatic heterocycles. The molecule has 0 aliphatic carbocycles. The number of nitrogens with one attached hydrogen (secondary N) is 2. The molecule has 2 amide bonds. The van der Waals surface area contributed by atoms with Crippen molar-refractivity contribution in [2.24, 2.45) is 0 Å². The minimum atomic E-state index is -0.670. The van der Waals surface area contributed by atoms with Crippen molar-refractivity contribution in [3.8, 4) is 0 Å². The Hall–Kier alpha value is -3.23. The van der Waals surface area contributed by atoms with Crippen LogP contribution in [0.15, 0.2) is 30.5 Å². The minimum Gasteiger partial charge on any atom is -0.326 e. The first-order valence-corrected chi connectivity index (χ1v) is 6.81. The number of benzene rings is 1. The van der Waals surface area contributed by atoms with Crippen molar-refractivity contribution >= 4 is 28.9 Å². The third-order valence-electron chi connectivity index (χ3n) is 2.94. The second-order valence-electron chi connectivity index (χ2n) is 4.69. The molecule has 9 nitrogen and oxygen atoms in total. The number of nitro groups is 1. The van der Waals surface area contributed by atoms with Gasteiger partial charge in [0, 0.05) is 24.8 Å². The molecule has 0 saturated heterocycles. The van der Waals surface area contributed by atoms with Crippen LogP contribution in [0.4, 0.5) is 17.1 Å². The zero-order valence-electron chi connectivity index (χ0n) is 12.6. The average Bonchev–Trinajstić information content (AvgIpc) is 2.93. The summed E-state index contributed by atoms with van der Waals surface area (Å²) in [6, 6.07) is 6.36. The van der Waals surface area contributed by atoms with Crippen LogP contribution in [0.3, 0.4) is 0 Å². The van der Waals surface area contributed by atoms with Crippen LogP contribution in [0.2, 0.25) is 0 Å². The summed E-state index contributed by atoms with van der Waals surface area (Å²) in [5, 5.41) is 20.0. The van der Waals surface area contributed by atoms with Gasteiger partial charge in [-0.1, -0.05) is 0 Å². The third kappa shape index (κ3) is 3.90. The SMILES string of the molecule is CCn1cc([N+](=O)[O-])c(C(=O)Nc2ccc(NC(C)=O)cc2)n1. The Morgan fingerprint density at radius 2 is 1.78 bits per heavy atom. The first-order valence-electron chi connectivity index (χ1n) is 6.81. The van der Waals surface area contributed by atoms with E-state index in [-0.39, 0.29) is 17.3 Å². The number of hydrogen-bond donors (Lipinski definition) is 2. The molecule has 0 unspecified atom stereocenters. The van der Waals surface area contributed by atoms with Gasteiger partial charge < -0.3 is 10.6 Å². The Bertz CT molecular complexity index is 751. The molecule has 120 valence electrons. The molecule has 0 radical (unpaired) electrons. The van der Waals surface area contributed by atoms with E-state index in [2.05, 4.69) is 15.7 Å². The molecule has 9 heteroatoms. The number of amides is 2. The molecule has 0 atom stereocenters. The fraction of sp³-hybridized carbons (Fsp3) is 0.214. The Morgan fingerprint density at radius 1 is 1.22 bits per heavy atom. The lowest BCUT2D eigenvalue weighted by Crippen LogP contribution is -2.15. The summed E-state index contributed by atoms with van der Waals surface area (Å²) >= 11 is 0. The molecule has 0 bridgehead atoms. The Morgan fingerprint density at radius 3 is 2.26 bits per heavy atom. The van der Waals surface area contributed by atoms with Crippen LogP contribution in [0.25, 0.3) is 0 Å². The standard InChI is InChI=1S/C14H15N5O4/c1-3-18-8-12(19(22)23)13(17-18)14(21)16-11-6-4-10(5-7-11)15-9(2)20/h4-8H,3H2,1-2H3,(H,15,20)(H,16,21). The number of hydrogen-bond acceptors (Lipinski definition) is 5. The van der Waals surface area contributed by atoms with E-state index in [1.807, 2.05) is 0 Å². The summed E-state index contributed by atoms with van der Waals surface area (Å²) in [4.78, 5) is 33.5. The number of aryl methyl sites for hydroxylation is 1. The Balaban J connectivity index is 2.17. The molecule has 0 spiro atoms. The maximum absolute atomic E-state index is 12.2. The molecular formula is C14H15N5O4. The predicted molar refractivity (Wildman–Crippen MR) is 83.3 cm³/mol. The highest BCUT2D eigenvalue weighted by Gasteiger charge is 2.25. The van der Waals surface area contributed by atoms with E-state index in [0.717, 1.165) is 0 Å². The fourth-order valence-electron chi connectivity index (χ4n) is 1.90. The van der Waals surface area contributed by atoms with Gasteiger partial charge in [-0.05, 0) is 31.2 Å². The van der Waals surface area contributed by atoms with Crippen molar-refractivity contribution in [3.05, 3.63) is 46.3 Å². The maximum Gasteiger partial charge on any atom is 0.320 e. The van der Waals surface area contributed by atoms with E-state index >= 15 is 0 Å². The predicted octanol–water partition coefficient (Wildman–Crippen LogP) is 2.02. The molecule has 0 aliphatic heterocycles. The summed E-state index contributed by atoms with van der Waals surface area (Å²) in [6.07, 6.45) is 1.22. The summed E-state index contributed by atoms with van der Waals surface area (Å²) in [5.74, 6) is -0.876. The lowest BCUT2D eigenvalue weighted by atomic mass is 10.2. The quantitative estimate of drug-likeness (QED) is 0.646. The van der Waals surface area contributed by atoms with E-state index in [1.54, 1.807) is 31.2 Å². The van der Waals surface area contributed by atoms with Crippen molar-refractivity contribution < 1.29 is 14.5 Å². The van der Waals surface area contributed by atoms with Crippen LogP contribution in [0.5, 0.6) is 0 Å². The van der Waals surface area contributed by atoms with Crippen LogP contribution in [0.1, 0.15) is 24.3 Å². The highest BCUT2D eigenvalue weighted by atomic mass is 16.6. The molecule has 1 aromatic carbocycles. The van der Waals surface area contributed by atoms with Crippen molar-refractivity contribution in [3.63, 3.8) is 0 Å². The Kier molecular flexibility index (Phi) is 4.69. The minimum absolute atomic E-state index is 0.206. The number of carbonyl (C=O) groups is 2. The van der Waals surface area contributed by atoms with Crippen molar-refractivity contribution in [1.82, 2.24) is 9.78 Å². The first kappa shape index (κ1) is 16.1. The summed E-state index contributed by atoms with van der Waals surface area (Å²) in [5.41, 5.74) is 0.420. The van der Waals surface area contributed by atoms with Gasteiger partial charge in [-0.2, -0.15) is 5.10 Å². The van der Waals surface area contributed by atoms with Crippen molar-refractivity contribution in [1.29, 1.82) is 0 Å². The van der Waals surface area contributed by atoms with Crippen LogP contribution in [-0.2, 0) is 11.3 Å². The monoisotopic (exact) mass is 317 g/mol. The number of rotatable bonds is 5. The zero-order valence-corrected chi connectivity index (χ0v) is 12.6. The Labute approximate surface area is 131 Å². The van der Waals surface area contributed by atoms with E-state index in [0.29, 0.717) is 17.9 Å². The van der Waals surface area contributed by atoms with Gasteiger partial charge in [-0.15, -0.1) is 0 Å². The van der Waals surface area contributed by atoms with E-state index in [4.69, 9.17) is 0 Å². The molecular weight excluding hydrogens is 302 g/mol. The molecule has 2 rings (SSSR count). The van der Waals surface area contributed by atoms with Crippen molar-refractivity contribution in [2.45, 2.75) is 20.4 Å². The second kappa shape index (κ2) is 6.69. The van der Waals surface area contributed by atoms with Gasteiger partial charge in [0.05, 0.1) is 4.92 Å². The number of aromatic nitrogens is 2. The van der Waals surface area contributed by atoms with Crippen LogP contribution in [0, 0.1) is 10.1 Å². The lowest BCUT2D eigenvalue weighted by Gasteiger charge is -2.05. The molecule has 2 aromatic rings. The summed E-state index contributed by atoms with van der Waals surface area (Å²) in [7, 11) is 0. The largest absolute Gasteiger partial charge is 0.326 e. The zero-order chi connectivity index (χ0) is 17.0. The summed E-state index contributed by atoms with van der Waals surface area (Å²) < 4.78 is 1.33. The van der Waals surface area contributed by atoms with Gasteiger partial charge in [-0.25, -0.2) is 0 Å². The van der Waals surface area contributed by atoms with Gasteiger partial charge >= 0.3 is 5.69 Å². The third-order valence-corrected chi connectivity index (χ3v) is 2.94. The highest BCUT2D eigenvalue weighted by molar-refractivity contribution is 6.05. The first-order chi connectivity index (χ1) is 10.9. The van der Waals surface area contributed by atoms with Crippen LogP contribution >= 0.6 is 0 Å². The normalized spacial score (nSPS) is 10.2. The van der Waals surface area contributed by atoms with Gasteiger partial charge in [0.1, 0.15) is 6.20 Å². The van der Waals surface area contributed by atoms with Crippen molar-refractivity contribution in [2.75, 3.05) is 10.6 Å². The topological polar surface area (TPSA) is 119 Å². The molecule has 23 heavy (non-hydrogen) atoms. The van der Waals surface area contributed by atoms with Crippen LogP contribution in [-0.4, -0.2) is 26.5 Å². The van der Waals surface area contributed by atoms with E-state index < -0.39 is 10.8 Å². The molecule has 0 aliphatic rings. The number of nitrogens with zero attached hydrogens (tertiary/aromatic N) is 3. The van der Waals surface area contributed by atoms with Gasteiger partial charge in [-0.3, -0.25) is 24.4 Å². The molecule has 1 heterocycles. The van der Waals surface area contributed by atoms with E-state index in [9.17, 15) is 19.7 Å². The smallest absolute Gasteiger partial charge is 0.320 e. The molecule has 0 fully saturated rings. The van der Waals surface area contributed by atoms with Gasteiger partial charge in [0.2, 0.25) is 11.6 Å². The number of anilines is 2. The van der Waals surface area contributed by atoms with E-state index in [1.165, 1.54) is 17.8 Å². The van der Waals surface area contributed by atoms with Crippen LogP contribution < -0.4 is 10.6 Å². The molecule has 0 saturated carbocycles. The van der Waals surface area contributed by atoms with Gasteiger partial charge in [0.15, 0.2) is 0 Å². The maximum atomic E-state index is 12.2. The summed E-state index contributed by atoms with van der Waals surface area (Å²) in [6.45, 7) is 3.57. The van der Waals surface area contributed by atoms with Gasteiger partial charge in [0.25, 0.3) is 5.91 Å². The number of carbonyl (C=O) groups excluding carboxylic acids is 2. The fourth-order valence-corrected chi connectivity index (χ4v) is 1.90. The average molecular weight is 317 g/mol. The highest BCUT2D eigenvalue weighted by Crippen LogP contribution is 2.19. The second-order valence-corrected chi connectivity index (χ2v) is 4.69. The molecule has 2 N–H and O–H groups in total. The lowest BCUT2D eigenvalue weighted by molar-refractivity contribution is -0.385.